The van der Waals surface area contributed by atoms with Crippen molar-refractivity contribution >= 4 is 5.91 Å². The van der Waals surface area contributed by atoms with E-state index in [0.717, 1.165) is 25.1 Å². The van der Waals surface area contributed by atoms with Crippen LogP contribution in [0, 0.1) is 5.92 Å². The van der Waals surface area contributed by atoms with Crippen molar-refractivity contribution in [1.29, 1.82) is 0 Å². The molecule has 6 heteroatoms. The van der Waals surface area contributed by atoms with Crippen molar-refractivity contribution in [2.75, 3.05) is 39.9 Å². The molecule has 4 heterocycles. The van der Waals surface area contributed by atoms with Crippen LogP contribution >= 0.6 is 0 Å². The van der Waals surface area contributed by atoms with Gasteiger partial charge in [-0.25, -0.2) is 0 Å². The zero-order valence-corrected chi connectivity index (χ0v) is 17.4. The van der Waals surface area contributed by atoms with Crippen molar-refractivity contribution in [3.63, 3.8) is 0 Å². The largest absolute Gasteiger partial charge is 0.378 e. The first-order chi connectivity index (χ1) is 14.6. The number of hydrogen-bond acceptors (Lipinski definition) is 4. The molecule has 0 N–H and O–H groups in total. The maximum absolute atomic E-state index is 13.4. The average molecular weight is 408 g/mol. The molecule has 2 fully saturated rings. The van der Waals surface area contributed by atoms with Crippen LogP contribution in [0.25, 0.3) is 0 Å². The fourth-order valence-electron chi connectivity index (χ4n) is 5.50. The molecule has 2 bridgehead atoms. The third-order valence-corrected chi connectivity index (χ3v) is 7.08. The molecule has 0 unspecified atom stereocenters. The Morgan fingerprint density at radius 3 is 2.73 bits per heavy atom. The predicted molar refractivity (Wildman–Crippen MR) is 115 cm³/mol. The molecule has 0 aliphatic carbocycles. The van der Waals surface area contributed by atoms with E-state index >= 15 is 0 Å². The summed E-state index contributed by atoms with van der Waals surface area (Å²) in [6.45, 7) is 3.32. The minimum Gasteiger partial charge on any atom is -0.378 e. The Morgan fingerprint density at radius 1 is 1.10 bits per heavy atom. The smallest absolute Gasteiger partial charge is 0.251 e. The van der Waals surface area contributed by atoms with Crippen LogP contribution in [0.1, 0.15) is 29.6 Å². The summed E-state index contributed by atoms with van der Waals surface area (Å²) in [5, 5.41) is 0. The molecule has 2 aromatic rings. The summed E-state index contributed by atoms with van der Waals surface area (Å²) < 4.78 is 7.61. The number of aromatic nitrogens is 1. The van der Waals surface area contributed by atoms with Gasteiger partial charge in [-0.2, -0.15) is 0 Å². The first-order valence-electron chi connectivity index (χ1n) is 10.9. The van der Waals surface area contributed by atoms with E-state index in [1.54, 1.807) is 6.07 Å². The van der Waals surface area contributed by atoms with Crippen LogP contribution < -0.4 is 5.56 Å². The minimum atomic E-state index is -0.205. The fraction of sp³-hybridized carbons (Fsp3) is 0.500. The summed E-state index contributed by atoms with van der Waals surface area (Å²) >= 11 is 0. The highest BCUT2D eigenvalue weighted by atomic mass is 16.5. The van der Waals surface area contributed by atoms with Gasteiger partial charge in [-0.05, 0) is 37.4 Å². The van der Waals surface area contributed by atoms with Crippen LogP contribution in [0.2, 0.25) is 0 Å². The second kappa shape index (κ2) is 8.00. The molecule has 2 saturated heterocycles. The molecule has 3 aliphatic rings. The summed E-state index contributed by atoms with van der Waals surface area (Å²) in [6.07, 6.45) is 1.84. The van der Waals surface area contributed by atoms with Gasteiger partial charge in [0.05, 0.1) is 13.2 Å². The van der Waals surface area contributed by atoms with Gasteiger partial charge in [0, 0.05) is 43.4 Å². The summed E-state index contributed by atoms with van der Waals surface area (Å²) in [5.41, 5.74) is 2.38. The van der Waals surface area contributed by atoms with Gasteiger partial charge < -0.3 is 14.2 Å². The van der Waals surface area contributed by atoms with Gasteiger partial charge in [0.1, 0.15) is 6.04 Å². The number of rotatable bonds is 3. The van der Waals surface area contributed by atoms with Crippen LogP contribution in [-0.4, -0.2) is 66.2 Å². The van der Waals surface area contributed by atoms with Crippen molar-refractivity contribution in [3.8, 4) is 0 Å². The van der Waals surface area contributed by atoms with Crippen molar-refractivity contribution in [3.05, 3.63) is 70.1 Å². The van der Waals surface area contributed by atoms with Gasteiger partial charge in [-0.1, -0.05) is 36.4 Å². The fourth-order valence-corrected chi connectivity index (χ4v) is 5.50. The second-order valence-electron chi connectivity index (χ2n) is 8.92. The Bertz CT molecular complexity index is 973. The van der Waals surface area contributed by atoms with Gasteiger partial charge >= 0.3 is 0 Å². The topological polar surface area (TPSA) is 54.8 Å². The van der Waals surface area contributed by atoms with Crippen LogP contribution in [-0.2, 0) is 16.0 Å². The van der Waals surface area contributed by atoms with E-state index in [9.17, 15) is 9.59 Å². The Kier molecular flexibility index (Phi) is 5.21. The predicted octanol–water partition coefficient (Wildman–Crippen LogP) is 1.91. The SMILES string of the molecule is CN1CCOC[C@H]1C(=O)N1C[C@H]2C[C@@H](C1)[C@H](Cc1ccccc1)n1c2cccc1=O. The van der Waals surface area contributed by atoms with E-state index in [-0.39, 0.29) is 35.4 Å². The number of morpholine rings is 1. The van der Waals surface area contributed by atoms with Gasteiger partial charge in [-0.15, -0.1) is 0 Å². The van der Waals surface area contributed by atoms with Crippen LogP contribution in [0.5, 0.6) is 0 Å². The lowest BCUT2D eigenvalue weighted by Crippen LogP contribution is -2.58. The molecule has 1 amide bonds. The lowest BCUT2D eigenvalue weighted by atomic mass is 9.76. The van der Waals surface area contributed by atoms with Gasteiger partial charge in [0.2, 0.25) is 5.91 Å². The number of piperidine rings is 1. The molecular weight excluding hydrogens is 378 g/mol. The molecule has 4 atom stereocenters. The number of likely N-dealkylation sites (N-methyl/N-ethyl adjacent to an activating group) is 1. The van der Waals surface area contributed by atoms with Gasteiger partial charge in [0.25, 0.3) is 5.56 Å². The summed E-state index contributed by atoms with van der Waals surface area (Å²) in [5.74, 6) is 0.649. The number of carbonyl (C=O) groups excluding carboxylic acids is 1. The maximum atomic E-state index is 13.4. The number of amides is 1. The van der Waals surface area contributed by atoms with Crippen LogP contribution in [0.3, 0.4) is 0 Å². The number of carbonyl (C=O) groups is 1. The first kappa shape index (κ1) is 19.5. The van der Waals surface area contributed by atoms with Crippen LogP contribution in [0.4, 0.5) is 0 Å². The van der Waals surface area contributed by atoms with E-state index < -0.39 is 0 Å². The minimum absolute atomic E-state index is 0.0725. The second-order valence-corrected chi connectivity index (χ2v) is 8.92. The highest BCUT2D eigenvalue weighted by Gasteiger charge is 2.43. The monoisotopic (exact) mass is 407 g/mol. The lowest BCUT2D eigenvalue weighted by molar-refractivity contribution is -0.145. The highest BCUT2D eigenvalue weighted by Crippen LogP contribution is 2.42. The third kappa shape index (κ3) is 3.48. The number of pyridine rings is 1. The Morgan fingerprint density at radius 2 is 1.93 bits per heavy atom. The van der Waals surface area contributed by atoms with E-state index in [2.05, 4.69) is 23.1 Å². The molecule has 6 nitrogen and oxygen atoms in total. The molecule has 3 aliphatic heterocycles. The molecule has 1 aromatic carbocycles. The number of nitrogens with zero attached hydrogens (tertiary/aromatic N) is 3. The van der Waals surface area contributed by atoms with Crippen LogP contribution in [0.15, 0.2) is 53.3 Å². The van der Waals surface area contributed by atoms with Gasteiger partial charge in [-0.3, -0.25) is 14.5 Å². The quantitative estimate of drug-likeness (QED) is 0.780. The van der Waals surface area contributed by atoms with E-state index in [0.29, 0.717) is 26.3 Å². The average Bonchev–Trinajstić information content (AvgIpc) is 2.77. The number of benzene rings is 1. The molecular formula is C24H29N3O3. The molecule has 5 rings (SSSR count). The van der Waals surface area contributed by atoms with E-state index in [4.69, 9.17) is 4.74 Å². The summed E-state index contributed by atoms with van der Waals surface area (Å²) in [7, 11) is 2.00. The number of likely N-dealkylation sites (tertiary alicyclic amines) is 1. The first-order valence-corrected chi connectivity index (χ1v) is 10.9. The molecule has 0 spiro atoms. The van der Waals surface area contributed by atoms with Crippen molar-refractivity contribution < 1.29 is 9.53 Å². The Balaban J connectivity index is 1.47. The van der Waals surface area contributed by atoms with E-state index in [1.165, 1.54) is 5.56 Å². The van der Waals surface area contributed by atoms with Crippen molar-refractivity contribution in [2.24, 2.45) is 5.92 Å². The Hall–Kier alpha value is -2.44. The third-order valence-electron chi connectivity index (χ3n) is 7.08. The summed E-state index contributed by atoms with van der Waals surface area (Å²) in [6, 6.07) is 15.8. The zero-order chi connectivity index (χ0) is 20.7. The number of ether oxygens (including phenoxy) is 1. The zero-order valence-electron chi connectivity index (χ0n) is 17.4. The molecule has 158 valence electrons. The summed E-state index contributed by atoms with van der Waals surface area (Å²) in [4.78, 5) is 30.4. The molecule has 0 radical (unpaired) electrons. The standard InChI is InChI=1S/C24H29N3O3/c1-25-10-11-30-16-22(25)24(29)26-14-18-13-19(15-26)21(12-17-6-3-2-4-7-17)27-20(18)8-5-9-23(27)28/h2-9,18-19,21-22H,10-16H2,1H3/t18-,19+,21+,22+/m1/s1. The number of fused-ring (bicyclic) bond motifs is 4. The highest BCUT2D eigenvalue weighted by molar-refractivity contribution is 5.82. The number of hydrogen-bond donors (Lipinski definition) is 0. The molecule has 0 saturated carbocycles. The van der Waals surface area contributed by atoms with Gasteiger partial charge in [0.15, 0.2) is 0 Å². The van der Waals surface area contributed by atoms with Crippen molar-refractivity contribution in [2.45, 2.75) is 30.8 Å². The normalized spacial score (nSPS) is 28.8. The molecule has 30 heavy (non-hydrogen) atoms. The molecule has 1 aromatic heterocycles. The lowest BCUT2D eigenvalue weighted by Gasteiger charge is -2.48. The Labute approximate surface area is 177 Å². The van der Waals surface area contributed by atoms with Crippen molar-refractivity contribution in [1.82, 2.24) is 14.4 Å². The maximum Gasteiger partial charge on any atom is 0.251 e. The van der Waals surface area contributed by atoms with E-state index in [1.807, 2.05) is 40.8 Å².